The third-order valence-corrected chi connectivity index (χ3v) is 6.84. The van der Waals surface area contributed by atoms with Gasteiger partial charge < -0.3 is 9.32 Å². The molecule has 0 N–H and O–H groups in total. The molecule has 0 bridgehead atoms. The van der Waals surface area contributed by atoms with Crippen LogP contribution in [0.4, 0.5) is 17.1 Å². The minimum atomic E-state index is 0.923. The third-order valence-electron chi connectivity index (χ3n) is 6.84. The minimum Gasteiger partial charge on any atom is -0.456 e. The number of hydrogen-bond acceptors (Lipinski definition) is 2. The molecule has 1 heterocycles. The molecule has 7 rings (SSSR count). The van der Waals surface area contributed by atoms with Gasteiger partial charge in [0.05, 0.1) is 0 Å². The molecule has 0 unspecified atom stereocenters. The van der Waals surface area contributed by atoms with Crippen molar-refractivity contribution in [3.8, 4) is 11.1 Å². The fourth-order valence-corrected chi connectivity index (χ4v) is 5.14. The Hall–Kier alpha value is -4.82. The average Bonchev–Trinajstić information content (AvgIpc) is 3.31. The van der Waals surface area contributed by atoms with Crippen molar-refractivity contribution in [3.05, 3.63) is 140 Å². The molecule has 0 aliphatic carbocycles. The van der Waals surface area contributed by atoms with Gasteiger partial charge in [0.15, 0.2) is 0 Å². The van der Waals surface area contributed by atoms with Crippen LogP contribution in [0.3, 0.4) is 0 Å². The van der Waals surface area contributed by atoms with E-state index in [0.29, 0.717) is 0 Å². The zero-order valence-corrected chi connectivity index (χ0v) is 19.6. The first-order valence-corrected chi connectivity index (χ1v) is 12.2. The topological polar surface area (TPSA) is 16.4 Å². The maximum Gasteiger partial charge on any atom is 0.136 e. The van der Waals surface area contributed by atoms with Crippen LogP contribution in [-0.2, 0) is 0 Å². The SMILES string of the molecule is c1ccc(N(c2ccccc2)c2ccc(-c3cccc4cc5c(cc34)oc3ccccc35)cc2)cc1. The van der Waals surface area contributed by atoms with Crippen LogP contribution in [0.15, 0.2) is 144 Å². The van der Waals surface area contributed by atoms with E-state index in [9.17, 15) is 0 Å². The van der Waals surface area contributed by atoms with E-state index < -0.39 is 0 Å². The predicted octanol–water partition coefficient (Wildman–Crippen LogP) is 9.88. The Labute approximate surface area is 209 Å². The van der Waals surface area contributed by atoms with Gasteiger partial charge in [0.1, 0.15) is 11.2 Å². The lowest BCUT2D eigenvalue weighted by Crippen LogP contribution is -2.09. The molecule has 0 amide bonds. The lowest BCUT2D eigenvalue weighted by molar-refractivity contribution is 0.669. The number of rotatable bonds is 4. The highest BCUT2D eigenvalue weighted by molar-refractivity contribution is 6.12. The summed E-state index contributed by atoms with van der Waals surface area (Å²) >= 11 is 0. The molecule has 0 saturated carbocycles. The van der Waals surface area contributed by atoms with E-state index in [1.807, 2.05) is 12.1 Å². The van der Waals surface area contributed by atoms with E-state index in [1.165, 1.54) is 21.9 Å². The molecule has 0 radical (unpaired) electrons. The number of benzene rings is 6. The quantitative estimate of drug-likeness (QED) is 0.259. The van der Waals surface area contributed by atoms with E-state index in [0.717, 1.165) is 39.0 Å². The van der Waals surface area contributed by atoms with Crippen LogP contribution in [0.2, 0.25) is 0 Å². The summed E-state index contributed by atoms with van der Waals surface area (Å²) in [5.74, 6) is 0. The molecule has 170 valence electrons. The van der Waals surface area contributed by atoms with Crippen molar-refractivity contribution in [2.45, 2.75) is 0 Å². The second-order valence-electron chi connectivity index (χ2n) is 9.03. The van der Waals surface area contributed by atoms with Gasteiger partial charge in [0, 0.05) is 27.8 Å². The van der Waals surface area contributed by atoms with Crippen LogP contribution in [0.1, 0.15) is 0 Å². The Morgan fingerprint density at radius 1 is 0.417 bits per heavy atom. The zero-order chi connectivity index (χ0) is 23.9. The first-order chi connectivity index (χ1) is 17.8. The summed E-state index contributed by atoms with van der Waals surface area (Å²) in [7, 11) is 0. The van der Waals surface area contributed by atoms with Gasteiger partial charge in [-0.25, -0.2) is 0 Å². The van der Waals surface area contributed by atoms with Crippen LogP contribution in [0.25, 0.3) is 43.8 Å². The third kappa shape index (κ3) is 3.43. The highest BCUT2D eigenvalue weighted by Crippen LogP contribution is 2.38. The summed E-state index contributed by atoms with van der Waals surface area (Å²) in [5.41, 5.74) is 7.62. The van der Waals surface area contributed by atoms with Crippen molar-refractivity contribution < 1.29 is 4.42 Å². The summed E-state index contributed by atoms with van der Waals surface area (Å²) in [4.78, 5) is 2.28. The van der Waals surface area contributed by atoms with Gasteiger partial charge in [-0.3, -0.25) is 0 Å². The fraction of sp³-hybridized carbons (Fsp3) is 0. The van der Waals surface area contributed by atoms with Crippen molar-refractivity contribution in [2.75, 3.05) is 4.90 Å². The van der Waals surface area contributed by atoms with E-state index in [2.05, 4.69) is 132 Å². The number of anilines is 3. The molecule has 6 aromatic carbocycles. The molecule has 2 nitrogen and oxygen atoms in total. The Balaban J connectivity index is 1.34. The van der Waals surface area contributed by atoms with Crippen molar-refractivity contribution in [3.63, 3.8) is 0 Å². The average molecular weight is 462 g/mol. The number of hydrogen-bond donors (Lipinski definition) is 0. The Morgan fingerprint density at radius 2 is 1.06 bits per heavy atom. The van der Waals surface area contributed by atoms with Gasteiger partial charge in [0.2, 0.25) is 0 Å². The molecule has 0 aliphatic rings. The lowest BCUT2D eigenvalue weighted by Gasteiger charge is -2.25. The van der Waals surface area contributed by atoms with Gasteiger partial charge in [-0.15, -0.1) is 0 Å². The first kappa shape index (κ1) is 20.5. The molecule has 0 spiro atoms. The molecule has 0 fully saturated rings. The van der Waals surface area contributed by atoms with E-state index in [4.69, 9.17) is 4.42 Å². The van der Waals surface area contributed by atoms with Crippen molar-refractivity contribution >= 4 is 49.8 Å². The van der Waals surface area contributed by atoms with Crippen LogP contribution in [-0.4, -0.2) is 0 Å². The Bertz CT molecular complexity index is 1780. The molecule has 36 heavy (non-hydrogen) atoms. The molecule has 0 saturated heterocycles. The number of furan rings is 1. The van der Waals surface area contributed by atoms with Crippen molar-refractivity contribution in [1.82, 2.24) is 0 Å². The molecule has 1 aromatic heterocycles. The second-order valence-corrected chi connectivity index (χ2v) is 9.03. The smallest absolute Gasteiger partial charge is 0.136 e. The highest BCUT2D eigenvalue weighted by Gasteiger charge is 2.14. The van der Waals surface area contributed by atoms with Gasteiger partial charge >= 0.3 is 0 Å². The maximum atomic E-state index is 6.19. The van der Waals surface area contributed by atoms with Gasteiger partial charge in [0.25, 0.3) is 0 Å². The van der Waals surface area contributed by atoms with E-state index >= 15 is 0 Å². The summed E-state index contributed by atoms with van der Waals surface area (Å²) in [6.45, 7) is 0. The highest BCUT2D eigenvalue weighted by atomic mass is 16.3. The van der Waals surface area contributed by atoms with Gasteiger partial charge in [-0.1, -0.05) is 84.9 Å². The molecular weight excluding hydrogens is 438 g/mol. The number of nitrogens with zero attached hydrogens (tertiary/aromatic N) is 1. The second kappa shape index (κ2) is 8.44. The van der Waals surface area contributed by atoms with E-state index in [1.54, 1.807) is 0 Å². The van der Waals surface area contributed by atoms with Gasteiger partial charge in [-0.2, -0.15) is 0 Å². The molecule has 7 aromatic rings. The fourth-order valence-electron chi connectivity index (χ4n) is 5.14. The summed E-state index contributed by atoms with van der Waals surface area (Å²) < 4.78 is 6.19. The summed E-state index contributed by atoms with van der Waals surface area (Å²) in [5, 5.41) is 4.73. The number of para-hydroxylation sites is 3. The minimum absolute atomic E-state index is 0.923. The summed E-state index contributed by atoms with van der Waals surface area (Å²) in [6, 6.07) is 49.0. The largest absolute Gasteiger partial charge is 0.456 e. The van der Waals surface area contributed by atoms with Crippen molar-refractivity contribution in [2.24, 2.45) is 0 Å². The predicted molar refractivity (Wildman–Crippen MR) is 151 cm³/mol. The monoisotopic (exact) mass is 461 g/mol. The van der Waals surface area contributed by atoms with Crippen molar-refractivity contribution in [1.29, 1.82) is 0 Å². The molecule has 0 atom stereocenters. The summed E-state index contributed by atoms with van der Waals surface area (Å²) in [6.07, 6.45) is 0. The standard InChI is InChI=1S/C34H23NO/c1-3-11-26(12-4-1)35(27-13-5-2-6-14-27)28-20-18-24(19-21-28)29-16-9-10-25-22-32-30-15-7-8-17-33(30)36-34(32)23-31(25)29/h1-23H. The number of fused-ring (bicyclic) bond motifs is 4. The Morgan fingerprint density at radius 3 is 1.78 bits per heavy atom. The first-order valence-electron chi connectivity index (χ1n) is 12.2. The normalized spacial score (nSPS) is 11.3. The van der Waals surface area contributed by atoms with Gasteiger partial charge in [-0.05, 0) is 76.5 Å². The lowest BCUT2D eigenvalue weighted by atomic mass is 9.96. The van der Waals surface area contributed by atoms with Crippen LogP contribution >= 0.6 is 0 Å². The molecular formula is C34H23NO. The van der Waals surface area contributed by atoms with Crippen LogP contribution < -0.4 is 4.90 Å². The van der Waals surface area contributed by atoms with Crippen LogP contribution in [0.5, 0.6) is 0 Å². The van der Waals surface area contributed by atoms with E-state index in [-0.39, 0.29) is 0 Å². The maximum absolute atomic E-state index is 6.19. The Kier molecular flexibility index (Phi) is 4.82. The zero-order valence-electron chi connectivity index (χ0n) is 19.6. The molecule has 2 heteroatoms. The molecule has 0 aliphatic heterocycles. The van der Waals surface area contributed by atoms with Crippen LogP contribution in [0, 0.1) is 0 Å².